The van der Waals surface area contributed by atoms with Crippen LogP contribution in [0.2, 0.25) is 0 Å². The monoisotopic (exact) mass is 534 g/mol. The standard InChI is InChI=1S/C23H30N6O.HI/c1-18-15-19(2)29(28-18)14-8-13-26-23(24-3)27-16-21-11-7-12-25-22(21)30-17-20-9-5-4-6-10-20;/h4-7,9-12,15H,8,13-14,16-17H2,1-3H3,(H2,24,26,27);1H. The first-order valence-electron chi connectivity index (χ1n) is 10.2. The lowest BCUT2D eigenvalue weighted by Gasteiger charge is -2.14. The van der Waals surface area contributed by atoms with Gasteiger partial charge in [0.25, 0.3) is 0 Å². The van der Waals surface area contributed by atoms with Crippen molar-refractivity contribution < 1.29 is 4.74 Å². The molecule has 0 amide bonds. The summed E-state index contributed by atoms with van der Waals surface area (Å²) in [5, 5.41) is 11.2. The van der Waals surface area contributed by atoms with Gasteiger partial charge >= 0.3 is 0 Å². The molecule has 0 bridgehead atoms. The van der Waals surface area contributed by atoms with Crippen molar-refractivity contribution in [2.45, 2.75) is 40.0 Å². The maximum Gasteiger partial charge on any atom is 0.218 e. The van der Waals surface area contributed by atoms with Crippen LogP contribution in [0.15, 0.2) is 59.7 Å². The van der Waals surface area contributed by atoms with E-state index in [2.05, 4.69) is 38.7 Å². The number of guanidine groups is 1. The van der Waals surface area contributed by atoms with Crippen LogP contribution >= 0.6 is 24.0 Å². The first kappa shape index (κ1) is 24.6. The zero-order chi connectivity index (χ0) is 21.2. The van der Waals surface area contributed by atoms with Crippen LogP contribution < -0.4 is 15.4 Å². The fraction of sp³-hybridized carbons (Fsp3) is 0.348. The highest BCUT2D eigenvalue weighted by Crippen LogP contribution is 2.15. The summed E-state index contributed by atoms with van der Waals surface area (Å²) in [6, 6.07) is 16.1. The van der Waals surface area contributed by atoms with E-state index < -0.39 is 0 Å². The SMILES string of the molecule is CN=C(NCCCn1nc(C)cc1C)NCc1cccnc1OCc1ccccc1.I. The number of aryl methyl sites for hydroxylation is 3. The van der Waals surface area contributed by atoms with Crippen molar-refractivity contribution in [3.63, 3.8) is 0 Å². The van der Waals surface area contributed by atoms with Gasteiger partial charge in [-0.25, -0.2) is 4.98 Å². The van der Waals surface area contributed by atoms with E-state index in [0.29, 0.717) is 19.0 Å². The number of aliphatic imine (C=N–C) groups is 1. The Morgan fingerprint density at radius 2 is 1.90 bits per heavy atom. The molecule has 0 saturated heterocycles. The van der Waals surface area contributed by atoms with Gasteiger partial charge in [-0.1, -0.05) is 36.4 Å². The van der Waals surface area contributed by atoms with Crippen LogP contribution in [-0.2, 0) is 19.7 Å². The summed E-state index contributed by atoms with van der Waals surface area (Å²) >= 11 is 0. The van der Waals surface area contributed by atoms with Gasteiger partial charge in [0.1, 0.15) is 6.61 Å². The van der Waals surface area contributed by atoms with E-state index in [4.69, 9.17) is 4.74 Å². The average molecular weight is 534 g/mol. The minimum atomic E-state index is 0. The number of hydrogen-bond acceptors (Lipinski definition) is 4. The fourth-order valence-electron chi connectivity index (χ4n) is 3.15. The van der Waals surface area contributed by atoms with Gasteiger partial charge < -0.3 is 15.4 Å². The van der Waals surface area contributed by atoms with E-state index in [1.807, 2.05) is 54.1 Å². The minimum Gasteiger partial charge on any atom is -0.473 e. The van der Waals surface area contributed by atoms with E-state index in [0.717, 1.165) is 42.3 Å². The summed E-state index contributed by atoms with van der Waals surface area (Å²) in [7, 11) is 1.77. The highest BCUT2D eigenvalue weighted by Gasteiger charge is 2.07. The Hall–Kier alpha value is -2.62. The third-order valence-corrected chi connectivity index (χ3v) is 4.68. The van der Waals surface area contributed by atoms with Crippen LogP contribution in [0.4, 0.5) is 0 Å². The fourth-order valence-corrected chi connectivity index (χ4v) is 3.15. The lowest BCUT2D eigenvalue weighted by atomic mass is 10.2. The second-order valence-corrected chi connectivity index (χ2v) is 7.10. The van der Waals surface area contributed by atoms with Gasteiger partial charge in [0.2, 0.25) is 5.88 Å². The molecular weight excluding hydrogens is 503 g/mol. The quantitative estimate of drug-likeness (QED) is 0.189. The Labute approximate surface area is 201 Å². The molecule has 8 heteroatoms. The minimum absolute atomic E-state index is 0. The van der Waals surface area contributed by atoms with Gasteiger partial charge in [0.05, 0.1) is 5.69 Å². The smallest absolute Gasteiger partial charge is 0.218 e. The van der Waals surface area contributed by atoms with Crippen molar-refractivity contribution in [2.24, 2.45) is 4.99 Å². The highest BCUT2D eigenvalue weighted by atomic mass is 127. The first-order chi connectivity index (χ1) is 14.7. The topological polar surface area (TPSA) is 76.4 Å². The summed E-state index contributed by atoms with van der Waals surface area (Å²) in [4.78, 5) is 8.69. The van der Waals surface area contributed by atoms with E-state index in [1.54, 1.807) is 13.2 Å². The molecule has 0 radical (unpaired) electrons. The van der Waals surface area contributed by atoms with Gasteiger partial charge in [-0.15, -0.1) is 24.0 Å². The summed E-state index contributed by atoms with van der Waals surface area (Å²) in [6.07, 6.45) is 2.71. The molecule has 2 heterocycles. The molecule has 3 aromatic rings. The van der Waals surface area contributed by atoms with Gasteiger partial charge in [-0.2, -0.15) is 5.10 Å². The van der Waals surface area contributed by atoms with Crippen molar-refractivity contribution >= 4 is 29.9 Å². The Balaban J connectivity index is 0.00000341. The summed E-state index contributed by atoms with van der Waals surface area (Å²) in [5.41, 5.74) is 4.34. The molecule has 3 rings (SSSR count). The molecule has 0 unspecified atom stereocenters. The second kappa shape index (κ2) is 12.9. The van der Waals surface area contributed by atoms with Crippen LogP contribution in [0.1, 0.15) is 28.9 Å². The molecule has 31 heavy (non-hydrogen) atoms. The third-order valence-electron chi connectivity index (χ3n) is 4.68. The summed E-state index contributed by atoms with van der Waals surface area (Å²) < 4.78 is 7.97. The second-order valence-electron chi connectivity index (χ2n) is 7.10. The van der Waals surface area contributed by atoms with Gasteiger partial charge in [0, 0.05) is 44.1 Å². The number of halogens is 1. The number of hydrogen-bond donors (Lipinski definition) is 2. The lowest BCUT2D eigenvalue weighted by Crippen LogP contribution is -2.37. The summed E-state index contributed by atoms with van der Waals surface area (Å²) in [5.74, 6) is 1.38. The maximum atomic E-state index is 5.93. The Bertz CT molecular complexity index is 958. The number of ether oxygens (including phenoxy) is 1. The van der Waals surface area contributed by atoms with Crippen LogP contribution in [-0.4, -0.2) is 34.3 Å². The predicted molar refractivity (Wildman–Crippen MR) is 135 cm³/mol. The molecule has 0 aliphatic rings. The van der Waals surface area contributed by atoms with E-state index >= 15 is 0 Å². The van der Waals surface area contributed by atoms with E-state index in [-0.39, 0.29) is 24.0 Å². The predicted octanol–water partition coefficient (Wildman–Crippen LogP) is 3.85. The molecule has 0 aliphatic carbocycles. The van der Waals surface area contributed by atoms with Gasteiger partial charge in [0.15, 0.2) is 5.96 Å². The van der Waals surface area contributed by atoms with Crippen LogP contribution in [0, 0.1) is 13.8 Å². The normalized spacial score (nSPS) is 11.0. The zero-order valence-corrected chi connectivity index (χ0v) is 20.7. The highest BCUT2D eigenvalue weighted by molar-refractivity contribution is 14.0. The number of nitrogens with one attached hydrogen (secondary N) is 2. The lowest BCUT2D eigenvalue weighted by molar-refractivity contribution is 0.290. The molecule has 0 atom stereocenters. The number of pyridine rings is 1. The van der Waals surface area contributed by atoms with Crippen LogP contribution in [0.25, 0.3) is 0 Å². The third kappa shape index (κ3) is 7.86. The van der Waals surface area contributed by atoms with Gasteiger partial charge in [-0.3, -0.25) is 9.67 Å². The van der Waals surface area contributed by atoms with Crippen molar-refractivity contribution in [3.05, 3.63) is 77.2 Å². The molecule has 7 nitrogen and oxygen atoms in total. The first-order valence-corrected chi connectivity index (χ1v) is 10.2. The van der Waals surface area contributed by atoms with E-state index in [1.165, 1.54) is 5.69 Å². The molecule has 0 fully saturated rings. The van der Waals surface area contributed by atoms with Crippen LogP contribution in [0.3, 0.4) is 0 Å². The number of nitrogens with zero attached hydrogens (tertiary/aromatic N) is 4. The van der Waals surface area contributed by atoms with Crippen molar-refractivity contribution in [1.29, 1.82) is 0 Å². The Kier molecular flexibility index (Phi) is 10.3. The molecule has 0 spiro atoms. The maximum absolute atomic E-state index is 5.93. The molecule has 166 valence electrons. The van der Waals surface area contributed by atoms with Crippen molar-refractivity contribution in [1.82, 2.24) is 25.4 Å². The van der Waals surface area contributed by atoms with Gasteiger partial charge in [-0.05, 0) is 38.0 Å². The molecule has 1 aromatic carbocycles. The van der Waals surface area contributed by atoms with Crippen molar-refractivity contribution in [2.75, 3.05) is 13.6 Å². The number of rotatable bonds is 9. The molecular formula is C23H31IN6O. The molecule has 2 N–H and O–H groups in total. The van der Waals surface area contributed by atoms with E-state index in [9.17, 15) is 0 Å². The van der Waals surface area contributed by atoms with Crippen LogP contribution in [0.5, 0.6) is 5.88 Å². The number of aromatic nitrogens is 3. The largest absolute Gasteiger partial charge is 0.473 e. The summed E-state index contributed by atoms with van der Waals surface area (Å²) in [6.45, 7) is 6.86. The zero-order valence-electron chi connectivity index (χ0n) is 18.3. The van der Waals surface area contributed by atoms with Crippen molar-refractivity contribution in [3.8, 4) is 5.88 Å². The Morgan fingerprint density at radius 3 is 2.61 bits per heavy atom. The molecule has 2 aromatic heterocycles. The number of benzene rings is 1. The average Bonchev–Trinajstić information content (AvgIpc) is 3.10. The Morgan fingerprint density at radius 1 is 1.10 bits per heavy atom. The molecule has 0 aliphatic heterocycles. The molecule has 0 saturated carbocycles.